The molecule has 3 aromatic carbocycles. The standard InChI is InChI=1S/C33H43N7O3/c1-37-12-16-39(17-13-37)26-8-10-29(31(22-26)40-18-14-38(2)15-19-40)33(41)36-32(35)28-11-9-27(23-30(28)34)43-21-20-42-24-25-6-4-3-5-7-25/h3-11,22-23H,12-21,24,34H2,1-2H3,(H2,35,36,41). The molecule has 2 saturated heterocycles. The molecule has 0 saturated carbocycles. The Labute approximate surface area is 254 Å². The number of amidine groups is 1. The van der Waals surface area contributed by atoms with Crippen molar-refractivity contribution in [2.24, 2.45) is 10.7 Å². The van der Waals surface area contributed by atoms with Gasteiger partial charge < -0.3 is 40.5 Å². The second-order valence-electron chi connectivity index (χ2n) is 11.2. The molecule has 10 nitrogen and oxygen atoms in total. The highest BCUT2D eigenvalue weighted by Gasteiger charge is 2.23. The van der Waals surface area contributed by atoms with Crippen LogP contribution in [0.5, 0.6) is 5.75 Å². The van der Waals surface area contributed by atoms with Gasteiger partial charge in [-0.2, -0.15) is 4.99 Å². The predicted octanol–water partition coefficient (Wildman–Crippen LogP) is 2.91. The Hall–Kier alpha value is -4.12. The Morgan fingerprint density at radius 1 is 0.791 bits per heavy atom. The van der Waals surface area contributed by atoms with Gasteiger partial charge in [0.1, 0.15) is 18.2 Å². The van der Waals surface area contributed by atoms with Crippen LogP contribution in [0.15, 0.2) is 71.7 Å². The average Bonchev–Trinajstić information content (AvgIpc) is 3.02. The number of benzene rings is 3. The van der Waals surface area contributed by atoms with Crippen molar-refractivity contribution in [1.29, 1.82) is 0 Å². The molecule has 0 unspecified atom stereocenters. The third kappa shape index (κ3) is 8.04. The maximum absolute atomic E-state index is 13.6. The van der Waals surface area contributed by atoms with E-state index in [1.165, 1.54) is 0 Å². The maximum atomic E-state index is 13.6. The van der Waals surface area contributed by atoms with E-state index in [9.17, 15) is 4.79 Å². The van der Waals surface area contributed by atoms with Crippen molar-refractivity contribution >= 4 is 28.8 Å². The summed E-state index contributed by atoms with van der Waals surface area (Å²) in [5, 5.41) is 0. The monoisotopic (exact) mass is 585 g/mol. The van der Waals surface area contributed by atoms with E-state index in [1.54, 1.807) is 18.2 Å². The molecule has 2 aliphatic rings. The first-order valence-corrected chi connectivity index (χ1v) is 14.9. The molecule has 2 fully saturated rings. The van der Waals surface area contributed by atoms with Crippen LogP contribution in [0.2, 0.25) is 0 Å². The van der Waals surface area contributed by atoms with E-state index in [1.807, 2.05) is 42.5 Å². The highest BCUT2D eigenvalue weighted by atomic mass is 16.5. The lowest BCUT2D eigenvalue weighted by Crippen LogP contribution is -2.46. The first-order valence-electron chi connectivity index (χ1n) is 14.9. The molecule has 2 aliphatic heterocycles. The number of hydrogen-bond acceptors (Lipinski definition) is 8. The molecule has 0 aromatic heterocycles. The van der Waals surface area contributed by atoms with Gasteiger partial charge >= 0.3 is 0 Å². The van der Waals surface area contributed by atoms with E-state index in [0.29, 0.717) is 42.4 Å². The van der Waals surface area contributed by atoms with Crippen LogP contribution >= 0.6 is 0 Å². The summed E-state index contributed by atoms with van der Waals surface area (Å²) >= 11 is 0. The lowest BCUT2D eigenvalue weighted by Gasteiger charge is -2.37. The van der Waals surface area contributed by atoms with Gasteiger partial charge in [-0.25, -0.2) is 0 Å². The Morgan fingerprint density at radius 3 is 2.12 bits per heavy atom. The number of ether oxygens (including phenoxy) is 2. The third-order valence-corrected chi connectivity index (χ3v) is 8.05. The molecule has 0 radical (unpaired) electrons. The second kappa shape index (κ2) is 14.4. The number of piperazine rings is 2. The van der Waals surface area contributed by atoms with Crippen LogP contribution in [0, 0.1) is 0 Å². The van der Waals surface area contributed by atoms with Crippen molar-refractivity contribution in [3.8, 4) is 5.75 Å². The molecule has 3 aromatic rings. The van der Waals surface area contributed by atoms with Crippen molar-refractivity contribution in [3.05, 3.63) is 83.4 Å². The lowest BCUT2D eigenvalue weighted by molar-refractivity contribution is 0.0889. The highest BCUT2D eigenvalue weighted by molar-refractivity contribution is 6.12. The van der Waals surface area contributed by atoms with Crippen LogP contribution in [0.4, 0.5) is 17.1 Å². The summed E-state index contributed by atoms with van der Waals surface area (Å²) in [5.74, 6) is 0.292. The third-order valence-electron chi connectivity index (χ3n) is 8.05. The molecular formula is C33H43N7O3. The van der Waals surface area contributed by atoms with Crippen LogP contribution in [0.25, 0.3) is 0 Å². The number of nitrogens with two attached hydrogens (primary N) is 2. The molecule has 1 amide bonds. The van der Waals surface area contributed by atoms with Gasteiger partial charge in [-0.05, 0) is 50.0 Å². The molecule has 0 atom stereocenters. The molecule has 43 heavy (non-hydrogen) atoms. The van der Waals surface area contributed by atoms with Gasteiger partial charge in [-0.3, -0.25) is 4.79 Å². The minimum absolute atomic E-state index is 0.0766. The topological polar surface area (TPSA) is 113 Å². The second-order valence-corrected chi connectivity index (χ2v) is 11.2. The van der Waals surface area contributed by atoms with E-state index >= 15 is 0 Å². The molecular weight excluding hydrogens is 542 g/mol. The summed E-state index contributed by atoms with van der Waals surface area (Å²) in [6.45, 7) is 8.84. The molecule has 5 rings (SSSR count). The van der Waals surface area contributed by atoms with Crippen molar-refractivity contribution in [1.82, 2.24) is 9.80 Å². The van der Waals surface area contributed by atoms with Crippen molar-refractivity contribution in [2.75, 3.05) is 95.2 Å². The zero-order chi connectivity index (χ0) is 30.2. The molecule has 0 bridgehead atoms. The number of likely N-dealkylation sites (N-methyl/N-ethyl adjacent to an activating group) is 2. The van der Waals surface area contributed by atoms with Gasteiger partial charge in [0.05, 0.1) is 24.5 Å². The molecule has 228 valence electrons. The van der Waals surface area contributed by atoms with Crippen molar-refractivity contribution < 1.29 is 14.3 Å². The van der Waals surface area contributed by atoms with E-state index < -0.39 is 0 Å². The van der Waals surface area contributed by atoms with Crippen LogP contribution < -0.4 is 26.0 Å². The Bertz CT molecular complexity index is 1400. The van der Waals surface area contributed by atoms with E-state index in [0.717, 1.165) is 69.3 Å². The van der Waals surface area contributed by atoms with Crippen LogP contribution in [-0.4, -0.2) is 101 Å². The van der Waals surface area contributed by atoms with Gasteiger partial charge in [-0.1, -0.05) is 30.3 Å². The molecule has 2 heterocycles. The maximum Gasteiger partial charge on any atom is 0.281 e. The minimum Gasteiger partial charge on any atom is -0.491 e. The number of hydrogen-bond donors (Lipinski definition) is 2. The number of rotatable bonds is 10. The number of nitrogen functional groups attached to an aromatic ring is 1. The first-order chi connectivity index (χ1) is 20.9. The predicted molar refractivity (Wildman–Crippen MR) is 173 cm³/mol. The number of amides is 1. The Morgan fingerprint density at radius 2 is 1.44 bits per heavy atom. The van der Waals surface area contributed by atoms with E-state index in [4.69, 9.17) is 20.9 Å². The zero-order valence-corrected chi connectivity index (χ0v) is 25.2. The van der Waals surface area contributed by atoms with Gasteiger partial charge in [0.15, 0.2) is 0 Å². The average molecular weight is 586 g/mol. The van der Waals surface area contributed by atoms with Crippen LogP contribution in [0.3, 0.4) is 0 Å². The Kier molecular flexibility index (Phi) is 10.1. The van der Waals surface area contributed by atoms with Gasteiger partial charge in [-0.15, -0.1) is 0 Å². The Balaban J connectivity index is 1.26. The largest absolute Gasteiger partial charge is 0.491 e. The fourth-order valence-electron chi connectivity index (χ4n) is 5.35. The van der Waals surface area contributed by atoms with Crippen LogP contribution in [0.1, 0.15) is 21.5 Å². The van der Waals surface area contributed by atoms with Gasteiger partial charge in [0.25, 0.3) is 5.91 Å². The number of aliphatic imine (C=N–C) groups is 1. The smallest absolute Gasteiger partial charge is 0.281 e. The summed E-state index contributed by atoms with van der Waals surface area (Å²) in [6.07, 6.45) is 0. The normalized spacial score (nSPS) is 16.8. The molecule has 0 spiro atoms. The van der Waals surface area contributed by atoms with E-state index in [-0.39, 0.29) is 11.7 Å². The molecule has 10 heteroatoms. The fraction of sp³-hybridized carbons (Fsp3) is 0.394. The number of nitrogens with zero attached hydrogens (tertiary/aromatic N) is 5. The quantitative estimate of drug-likeness (QED) is 0.161. The number of carbonyl (C=O) groups is 1. The first kappa shape index (κ1) is 30.3. The minimum atomic E-state index is -0.383. The molecule has 4 N–H and O–H groups in total. The lowest BCUT2D eigenvalue weighted by atomic mass is 10.1. The van der Waals surface area contributed by atoms with Crippen molar-refractivity contribution in [3.63, 3.8) is 0 Å². The summed E-state index contributed by atoms with van der Waals surface area (Å²) in [4.78, 5) is 27.2. The summed E-state index contributed by atoms with van der Waals surface area (Å²) < 4.78 is 11.5. The molecule has 0 aliphatic carbocycles. The summed E-state index contributed by atoms with van der Waals surface area (Å²) in [7, 11) is 4.27. The number of anilines is 3. The van der Waals surface area contributed by atoms with Gasteiger partial charge in [0.2, 0.25) is 0 Å². The highest BCUT2D eigenvalue weighted by Crippen LogP contribution is 2.30. The summed E-state index contributed by atoms with van der Waals surface area (Å²) in [6, 6.07) is 21.2. The zero-order valence-electron chi connectivity index (χ0n) is 25.2. The SMILES string of the molecule is CN1CCN(c2ccc(C(=O)N=C(N)c3ccc(OCCOCc4ccccc4)cc3N)c(N3CCN(C)CC3)c2)CC1. The number of carbonyl (C=O) groups excluding carboxylic acids is 1. The summed E-state index contributed by atoms with van der Waals surface area (Å²) in [5.41, 5.74) is 17.2. The fourth-order valence-corrected chi connectivity index (χ4v) is 5.35. The van der Waals surface area contributed by atoms with Crippen LogP contribution in [-0.2, 0) is 11.3 Å². The van der Waals surface area contributed by atoms with E-state index in [2.05, 4.69) is 44.8 Å². The van der Waals surface area contributed by atoms with Crippen molar-refractivity contribution in [2.45, 2.75) is 6.61 Å². The van der Waals surface area contributed by atoms with Gasteiger partial charge in [0, 0.05) is 75.4 Å².